The van der Waals surface area contributed by atoms with Gasteiger partial charge in [-0.2, -0.15) is 5.26 Å². The summed E-state index contributed by atoms with van der Waals surface area (Å²) in [5.74, 6) is 0.214. The van der Waals surface area contributed by atoms with Crippen LogP contribution < -0.4 is 10.6 Å². The van der Waals surface area contributed by atoms with Crippen molar-refractivity contribution in [1.82, 2.24) is 5.32 Å². The van der Waals surface area contributed by atoms with E-state index in [-0.39, 0.29) is 29.9 Å². The number of amides is 2. The first-order chi connectivity index (χ1) is 16.5. The topological polar surface area (TPSA) is 100 Å². The Kier molecular flexibility index (Phi) is 8.20. The van der Waals surface area contributed by atoms with Crippen molar-refractivity contribution in [1.29, 1.82) is 5.26 Å². The Hall–Kier alpha value is -2.89. The van der Waals surface area contributed by atoms with Gasteiger partial charge in [-0.3, -0.25) is 4.79 Å². The Balaban J connectivity index is 1.31. The van der Waals surface area contributed by atoms with Crippen molar-refractivity contribution in [3.8, 4) is 6.07 Å². The molecule has 0 spiro atoms. The van der Waals surface area contributed by atoms with Gasteiger partial charge in [-0.1, -0.05) is 37.3 Å². The van der Waals surface area contributed by atoms with Crippen LogP contribution in [0, 0.1) is 17.2 Å². The number of thiophene rings is 1. The fourth-order valence-corrected chi connectivity index (χ4v) is 5.93. The highest BCUT2D eigenvalue weighted by molar-refractivity contribution is 7.16. The molecule has 0 radical (unpaired) electrons. The predicted octanol–water partition coefficient (Wildman–Crippen LogP) is 4.76. The van der Waals surface area contributed by atoms with Gasteiger partial charge in [0.05, 0.1) is 12.2 Å². The summed E-state index contributed by atoms with van der Waals surface area (Å²) in [5.41, 5.74) is 2.73. The number of hydrogen-bond donors (Lipinski definition) is 2. The molecule has 2 heterocycles. The van der Waals surface area contributed by atoms with Gasteiger partial charge < -0.3 is 20.1 Å². The second kappa shape index (κ2) is 11.5. The maximum atomic E-state index is 12.7. The van der Waals surface area contributed by atoms with E-state index in [1.54, 1.807) is 0 Å². The zero-order valence-electron chi connectivity index (χ0n) is 19.5. The molecule has 2 N–H and O–H groups in total. The van der Waals surface area contributed by atoms with E-state index >= 15 is 0 Å². The van der Waals surface area contributed by atoms with Crippen LogP contribution in [0.4, 0.5) is 9.80 Å². The van der Waals surface area contributed by atoms with Crippen LogP contribution >= 0.6 is 11.3 Å². The number of nitrogens with zero attached hydrogens (tertiary/aromatic N) is 1. The molecule has 2 amide bonds. The molecule has 2 atom stereocenters. The van der Waals surface area contributed by atoms with Gasteiger partial charge >= 0.3 is 6.09 Å². The molecule has 0 saturated carbocycles. The lowest BCUT2D eigenvalue weighted by atomic mass is 9.88. The smallest absolute Gasteiger partial charge is 0.407 e. The van der Waals surface area contributed by atoms with Crippen molar-refractivity contribution in [3.05, 3.63) is 51.9 Å². The van der Waals surface area contributed by atoms with E-state index < -0.39 is 0 Å². The van der Waals surface area contributed by atoms with Crippen molar-refractivity contribution in [2.45, 2.75) is 57.4 Å². The Labute approximate surface area is 204 Å². The molecule has 2 unspecified atom stereocenters. The van der Waals surface area contributed by atoms with Gasteiger partial charge in [-0.05, 0) is 55.1 Å². The number of anilines is 1. The molecular weight excluding hydrogens is 450 g/mol. The fraction of sp³-hybridized carbons (Fsp3) is 0.500. The van der Waals surface area contributed by atoms with Gasteiger partial charge in [0.15, 0.2) is 0 Å². The molecule has 2 aromatic rings. The van der Waals surface area contributed by atoms with Crippen molar-refractivity contribution in [3.63, 3.8) is 0 Å². The molecule has 1 aromatic carbocycles. The van der Waals surface area contributed by atoms with Crippen LogP contribution in [0.25, 0.3) is 0 Å². The molecule has 1 saturated heterocycles. The lowest BCUT2D eigenvalue weighted by Gasteiger charge is -2.25. The first kappa shape index (κ1) is 24.2. The highest BCUT2D eigenvalue weighted by Crippen LogP contribution is 2.39. The molecule has 2 aliphatic rings. The second-order valence-corrected chi connectivity index (χ2v) is 10.2. The minimum Gasteiger partial charge on any atom is -0.449 e. The SMILES string of the molecule is CC(CC(=O)Nc1sc2c(c1C#N)CCC(COC(=O)NC1CCOCC1)C2)c1ccccc1. The van der Waals surface area contributed by atoms with Crippen LogP contribution in [-0.2, 0) is 27.1 Å². The number of carbonyl (C=O) groups excluding carboxylic acids is 2. The van der Waals surface area contributed by atoms with Crippen molar-refractivity contribution in [2.75, 3.05) is 25.1 Å². The zero-order valence-corrected chi connectivity index (χ0v) is 20.3. The quantitative estimate of drug-likeness (QED) is 0.594. The van der Waals surface area contributed by atoms with Crippen LogP contribution in [-0.4, -0.2) is 37.9 Å². The van der Waals surface area contributed by atoms with Crippen LogP contribution in [0.15, 0.2) is 30.3 Å². The summed E-state index contributed by atoms with van der Waals surface area (Å²) < 4.78 is 10.8. The Morgan fingerprint density at radius 1 is 1.24 bits per heavy atom. The number of nitrogens with one attached hydrogen (secondary N) is 2. The van der Waals surface area contributed by atoms with Gasteiger partial charge in [0.2, 0.25) is 5.91 Å². The molecule has 1 aliphatic carbocycles. The molecule has 1 aliphatic heterocycles. The highest BCUT2D eigenvalue weighted by atomic mass is 32.1. The highest BCUT2D eigenvalue weighted by Gasteiger charge is 2.28. The molecule has 7 nitrogen and oxygen atoms in total. The number of alkyl carbamates (subject to hydrolysis) is 1. The molecule has 1 fully saturated rings. The minimum absolute atomic E-state index is 0.0869. The first-order valence-corrected chi connectivity index (χ1v) is 12.8. The number of carbonyl (C=O) groups is 2. The van der Waals surface area contributed by atoms with Gasteiger partial charge in [-0.15, -0.1) is 11.3 Å². The van der Waals surface area contributed by atoms with E-state index in [0.717, 1.165) is 48.1 Å². The molecule has 8 heteroatoms. The number of hydrogen-bond acceptors (Lipinski definition) is 6. The summed E-state index contributed by atoms with van der Waals surface area (Å²) in [6.07, 6.45) is 3.95. The van der Waals surface area contributed by atoms with Crippen LogP contribution in [0.2, 0.25) is 0 Å². The van der Waals surface area contributed by atoms with E-state index in [9.17, 15) is 14.9 Å². The molecule has 0 bridgehead atoms. The van der Waals surface area contributed by atoms with Crippen molar-refractivity contribution in [2.24, 2.45) is 5.92 Å². The van der Waals surface area contributed by atoms with E-state index in [2.05, 4.69) is 16.7 Å². The van der Waals surface area contributed by atoms with Crippen molar-refractivity contribution < 1.29 is 19.1 Å². The summed E-state index contributed by atoms with van der Waals surface area (Å²) in [6.45, 7) is 3.72. The summed E-state index contributed by atoms with van der Waals surface area (Å²) in [4.78, 5) is 26.0. The van der Waals surface area contributed by atoms with E-state index in [1.165, 1.54) is 11.3 Å². The van der Waals surface area contributed by atoms with Crippen LogP contribution in [0.1, 0.15) is 60.1 Å². The maximum absolute atomic E-state index is 12.7. The molecule has 4 rings (SSSR count). The normalized spacial score (nSPS) is 18.9. The van der Waals surface area contributed by atoms with Crippen LogP contribution in [0.5, 0.6) is 0 Å². The monoisotopic (exact) mass is 481 g/mol. The number of nitriles is 1. The summed E-state index contributed by atoms with van der Waals surface area (Å²) in [6, 6.07) is 12.4. The van der Waals surface area contributed by atoms with E-state index in [1.807, 2.05) is 37.3 Å². The second-order valence-electron chi connectivity index (χ2n) is 9.12. The average molecular weight is 482 g/mol. The standard InChI is InChI=1S/C26H31N3O4S/c1-17(19-5-3-2-4-6-19)13-24(30)29-25-22(15-27)21-8-7-18(14-23(21)34-25)16-33-26(31)28-20-9-11-32-12-10-20/h2-6,17-18,20H,7-14,16H2,1H3,(H,28,31)(H,29,30). The Bertz CT molecular complexity index is 1040. The summed E-state index contributed by atoms with van der Waals surface area (Å²) in [5, 5.41) is 16.3. The molecule has 180 valence electrons. The number of rotatable bonds is 7. The molecule has 34 heavy (non-hydrogen) atoms. The van der Waals surface area contributed by atoms with E-state index in [0.29, 0.717) is 36.8 Å². The third kappa shape index (κ3) is 6.16. The number of ether oxygens (including phenoxy) is 2. The maximum Gasteiger partial charge on any atom is 0.407 e. The lowest BCUT2D eigenvalue weighted by molar-refractivity contribution is -0.116. The largest absolute Gasteiger partial charge is 0.449 e. The minimum atomic E-state index is -0.373. The molecular formula is C26H31N3O4S. The predicted molar refractivity (Wildman–Crippen MR) is 131 cm³/mol. The zero-order chi connectivity index (χ0) is 23.9. The average Bonchev–Trinajstić information content (AvgIpc) is 3.19. The van der Waals surface area contributed by atoms with E-state index in [4.69, 9.17) is 9.47 Å². The summed E-state index contributed by atoms with van der Waals surface area (Å²) in [7, 11) is 0. The van der Waals surface area contributed by atoms with Gasteiger partial charge in [0.25, 0.3) is 0 Å². The molecule has 1 aromatic heterocycles. The van der Waals surface area contributed by atoms with Crippen molar-refractivity contribution >= 4 is 28.3 Å². The Morgan fingerprint density at radius 2 is 2.00 bits per heavy atom. The Morgan fingerprint density at radius 3 is 2.74 bits per heavy atom. The third-order valence-electron chi connectivity index (χ3n) is 6.59. The number of benzene rings is 1. The third-order valence-corrected chi connectivity index (χ3v) is 7.76. The van der Waals surface area contributed by atoms with Gasteiger partial charge in [0.1, 0.15) is 11.1 Å². The lowest BCUT2D eigenvalue weighted by Crippen LogP contribution is -2.39. The summed E-state index contributed by atoms with van der Waals surface area (Å²) >= 11 is 1.48. The fourth-order valence-electron chi connectivity index (χ4n) is 4.60. The van der Waals surface area contributed by atoms with Gasteiger partial charge in [0, 0.05) is 30.6 Å². The van der Waals surface area contributed by atoms with Gasteiger partial charge in [-0.25, -0.2) is 4.79 Å². The number of fused-ring (bicyclic) bond motifs is 1. The van der Waals surface area contributed by atoms with Crippen LogP contribution in [0.3, 0.4) is 0 Å². The first-order valence-electron chi connectivity index (χ1n) is 11.9.